The first kappa shape index (κ1) is 7.60. The zero-order valence-electron chi connectivity index (χ0n) is 7.60. The average Bonchev–Trinajstić information content (AvgIpc) is 2.28. The summed E-state index contributed by atoms with van der Waals surface area (Å²) >= 11 is 0. The van der Waals surface area contributed by atoms with Crippen LogP contribution in [0.25, 0.3) is 0 Å². The summed E-state index contributed by atoms with van der Waals surface area (Å²) in [6, 6.07) is 0. The molecule has 0 amide bonds. The Hall–Kier alpha value is -0.0400. The monoisotopic (exact) mass is 154 g/mol. The van der Waals surface area contributed by atoms with Crippen molar-refractivity contribution in [1.29, 1.82) is 0 Å². The molecule has 0 radical (unpaired) electrons. The van der Waals surface area contributed by atoms with Gasteiger partial charge < -0.3 is 4.74 Å². The van der Waals surface area contributed by atoms with Crippen molar-refractivity contribution in [3.8, 4) is 0 Å². The van der Waals surface area contributed by atoms with E-state index in [9.17, 15) is 0 Å². The van der Waals surface area contributed by atoms with Gasteiger partial charge in [0.15, 0.2) is 0 Å². The molecule has 0 aliphatic heterocycles. The minimum atomic E-state index is 0.597. The third-order valence-electron chi connectivity index (χ3n) is 3.60. The van der Waals surface area contributed by atoms with Crippen molar-refractivity contribution in [1.82, 2.24) is 0 Å². The van der Waals surface area contributed by atoms with Crippen LogP contribution in [0.1, 0.15) is 39.0 Å². The Labute approximate surface area is 69.1 Å². The first-order valence-corrected chi connectivity index (χ1v) is 4.77. The van der Waals surface area contributed by atoms with Crippen LogP contribution in [0.15, 0.2) is 0 Å². The van der Waals surface area contributed by atoms with Gasteiger partial charge in [-0.2, -0.15) is 0 Å². The molecule has 2 fully saturated rings. The molecule has 0 saturated heterocycles. The lowest BCUT2D eigenvalue weighted by atomic mass is 9.65. The van der Waals surface area contributed by atoms with E-state index in [0.717, 1.165) is 11.3 Å². The zero-order valence-corrected chi connectivity index (χ0v) is 7.60. The maximum Gasteiger partial charge on any atom is 0.0582 e. The number of rotatable bonds is 1. The van der Waals surface area contributed by atoms with Gasteiger partial charge >= 0.3 is 0 Å². The van der Waals surface area contributed by atoms with Crippen LogP contribution in [-0.2, 0) is 4.74 Å². The lowest BCUT2D eigenvalue weighted by Gasteiger charge is -2.44. The summed E-state index contributed by atoms with van der Waals surface area (Å²) in [5.74, 6) is 0.979. The first-order valence-electron chi connectivity index (χ1n) is 4.77. The van der Waals surface area contributed by atoms with E-state index in [-0.39, 0.29) is 0 Å². The fourth-order valence-electron chi connectivity index (χ4n) is 2.94. The van der Waals surface area contributed by atoms with Crippen LogP contribution in [0, 0.1) is 11.3 Å². The van der Waals surface area contributed by atoms with E-state index >= 15 is 0 Å². The van der Waals surface area contributed by atoms with Crippen LogP contribution in [0.4, 0.5) is 0 Å². The predicted molar refractivity (Wildman–Crippen MR) is 45.5 cm³/mol. The molecule has 1 spiro atoms. The molecule has 0 aromatic rings. The van der Waals surface area contributed by atoms with Gasteiger partial charge in [-0.3, -0.25) is 0 Å². The van der Waals surface area contributed by atoms with E-state index < -0.39 is 0 Å². The van der Waals surface area contributed by atoms with Crippen molar-refractivity contribution in [2.75, 3.05) is 7.11 Å². The maximum atomic E-state index is 5.31. The fraction of sp³-hybridized carbons (Fsp3) is 1.00. The Morgan fingerprint density at radius 1 is 1.27 bits per heavy atom. The molecule has 64 valence electrons. The van der Waals surface area contributed by atoms with Crippen molar-refractivity contribution in [3.05, 3.63) is 0 Å². The molecule has 0 N–H and O–H groups in total. The lowest BCUT2D eigenvalue weighted by Crippen LogP contribution is -2.40. The van der Waals surface area contributed by atoms with Crippen LogP contribution >= 0.6 is 0 Å². The molecule has 0 aromatic heterocycles. The predicted octanol–water partition coefficient (Wildman–Crippen LogP) is 2.60. The Morgan fingerprint density at radius 2 is 2.00 bits per heavy atom. The molecule has 1 atom stereocenters. The molecule has 1 heteroatoms. The van der Waals surface area contributed by atoms with Gasteiger partial charge in [-0.1, -0.05) is 13.3 Å². The Balaban J connectivity index is 1.87. The highest BCUT2D eigenvalue weighted by molar-refractivity contribution is 4.98. The molecular formula is C10H18O. The van der Waals surface area contributed by atoms with Crippen LogP contribution in [-0.4, -0.2) is 13.2 Å². The molecule has 0 heterocycles. The topological polar surface area (TPSA) is 9.23 Å². The minimum Gasteiger partial charge on any atom is -0.381 e. The molecule has 2 aliphatic rings. The van der Waals surface area contributed by atoms with Gasteiger partial charge in [0.1, 0.15) is 0 Å². The summed E-state index contributed by atoms with van der Waals surface area (Å²) in [7, 11) is 1.84. The molecule has 2 rings (SSSR count). The van der Waals surface area contributed by atoms with E-state index in [1.165, 1.54) is 32.1 Å². The van der Waals surface area contributed by atoms with Gasteiger partial charge in [0.2, 0.25) is 0 Å². The Morgan fingerprint density at radius 3 is 2.45 bits per heavy atom. The lowest BCUT2D eigenvalue weighted by molar-refractivity contribution is -0.0572. The number of ether oxygens (including phenoxy) is 1. The van der Waals surface area contributed by atoms with Gasteiger partial charge in [0.25, 0.3) is 0 Å². The molecule has 0 bridgehead atoms. The second-order valence-corrected chi connectivity index (χ2v) is 4.61. The summed E-state index contributed by atoms with van der Waals surface area (Å²) in [6.45, 7) is 2.38. The average molecular weight is 154 g/mol. The summed E-state index contributed by atoms with van der Waals surface area (Å²) in [4.78, 5) is 0. The molecule has 11 heavy (non-hydrogen) atoms. The minimum absolute atomic E-state index is 0.597. The quantitative estimate of drug-likeness (QED) is 0.564. The third-order valence-corrected chi connectivity index (χ3v) is 3.60. The molecule has 0 unspecified atom stereocenters. The van der Waals surface area contributed by atoms with Gasteiger partial charge in [0, 0.05) is 7.11 Å². The van der Waals surface area contributed by atoms with Gasteiger partial charge in [-0.25, -0.2) is 0 Å². The van der Waals surface area contributed by atoms with Crippen molar-refractivity contribution in [2.24, 2.45) is 11.3 Å². The van der Waals surface area contributed by atoms with E-state index in [2.05, 4.69) is 6.92 Å². The molecule has 2 saturated carbocycles. The summed E-state index contributed by atoms with van der Waals surface area (Å²) in [5, 5.41) is 0. The largest absolute Gasteiger partial charge is 0.381 e. The highest BCUT2D eigenvalue weighted by Crippen LogP contribution is 2.55. The van der Waals surface area contributed by atoms with E-state index in [4.69, 9.17) is 4.74 Å². The standard InChI is InChI=1S/C10H18O/c1-8-3-4-10(5-8)6-9(7-10)11-2/h8-9H,3-7H2,1-2H3/t8-,9?,10?/m1/s1. The SMILES string of the molecule is COC1CC2(CC[C@@H](C)C2)C1. The number of methoxy groups -OCH3 is 1. The molecule has 0 aromatic carbocycles. The van der Waals surface area contributed by atoms with E-state index in [1.807, 2.05) is 7.11 Å². The summed E-state index contributed by atoms with van der Waals surface area (Å²) in [6.07, 6.45) is 7.67. The second kappa shape index (κ2) is 2.48. The number of hydrogen-bond acceptors (Lipinski definition) is 1. The summed E-state index contributed by atoms with van der Waals surface area (Å²) in [5.41, 5.74) is 0.736. The van der Waals surface area contributed by atoms with Gasteiger partial charge in [-0.15, -0.1) is 0 Å². The zero-order chi connectivity index (χ0) is 7.90. The van der Waals surface area contributed by atoms with Crippen molar-refractivity contribution < 1.29 is 4.74 Å². The smallest absolute Gasteiger partial charge is 0.0582 e. The normalized spacial score (nSPS) is 49.6. The molecule has 2 aliphatic carbocycles. The van der Waals surface area contributed by atoms with E-state index in [0.29, 0.717) is 6.10 Å². The van der Waals surface area contributed by atoms with Crippen molar-refractivity contribution in [3.63, 3.8) is 0 Å². The van der Waals surface area contributed by atoms with Crippen LogP contribution in [0.2, 0.25) is 0 Å². The van der Waals surface area contributed by atoms with Gasteiger partial charge in [-0.05, 0) is 37.0 Å². The van der Waals surface area contributed by atoms with Crippen LogP contribution in [0.3, 0.4) is 0 Å². The van der Waals surface area contributed by atoms with E-state index in [1.54, 1.807) is 0 Å². The number of hydrogen-bond donors (Lipinski definition) is 0. The Kier molecular flexibility index (Phi) is 1.71. The first-order chi connectivity index (χ1) is 5.24. The van der Waals surface area contributed by atoms with Crippen molar-refractivity contribution >= 4 is 0 Å². The van der Waals surface area contributed by atoms with Crippen LogP contribution < -0.4 is 0 Å². The Bertz CT molecular complexity index is 147. The molecular weight excluding hydrogens is 136 g/mol. The van der Waals surface area contributed by atoms with Gasteiger partial charge in [0.05, 0.1) is 6.10 Å². The van der Waals surface area contributed by atoms with Crippen molar-refractivity contribution in [2.45, 2.75) is 45.1 Å². The maximum absolute atomic E-state index is 5.31. The third kappa shape index (κ3) is 1.20. The van der Waals surface area contributed by atoms with Crippen LogP contribution in [0.5, 0.6) is 0 Å². The summed E-state index contributed by atoms with van der Waals surface area (Å²) < 4.78 is 5.31. The highest BCUT2D eigenvalue weighted by Gasteiger charge is 2.47. The fourth-order valence-corrected chi connectivity index (χ4v) is 2.94. The molecule has 1 nitrogen and oxygen atoms in total. The second-order valence-electron chi connectivity index (χ2n) is 4.61. The highest BCUT2D eigenvalue weighted by atomic mass is 16.5.